The van der Waals surface area contributed by atoms with E-state index < -0.39 is 16.1 Å². The number of rotatable bonds is 8. The number of sulfonamides is 1. The molecule has 0 saturated heterocycles. The number of nitrogens with zero attached hydrogens (tertiary/aromatic N) is 1. The number of nitrogens with one attached hydrogen (secondary N) is 1. The number of anilines is 1. The third-order valence-electron chi connectivity index (χ3n) is 4.62. The largest absolute Gasteiger partial charge is 0.497 e. The Labute approximate surface area is 167 Å². The predicted molar refractivity (Wildman–Crippen MR) is 112 cm³/mol. The number of hydrogen-bond donors (Lipinski definition) is 1. The number of carbonyl (C=O) groups is 1. The fraction of sp³-hybridized carbons (Fsp3) is 0.381. The Morgan fingerprint density at radius 3 is 2.14 bits per heavy atom. The Morgan fingerprint density at radius 1 is 1.11 bits per heavy atom. The number of carbonyl (C=O) groups excluding carboxylic acids is 1. The summed E-state index contributed by atoms with van der Waals surface area (Å²) in [5.74, 6) is 0.384. The minimum Gasteiger partial charge on any atom is -0.497 e. The van der Waals surface area contributed by atoms with Gasteiger partial charge in [-0.15, -0.1) is 0 Å². The van der Waals surface area contributed by atoms with Crippen LogP contribution in [0.3, 0.4) is 0 Å². The Morgan fingerprint density at radius 2 is 1.68 bits per heavy atom. The van der Waals surface area contributed by atoms with Gasteiger partial charge in [-0.05, 0) is 50.1 Å². The standard InChI is InChI=1S/C21H28N2O4S/c1-6-20(17-9-13-19(27-4)14-10-17)22-21(24)16(3)23(28(5,25)26)18-11-7-15(2)8-12-18/h7-14,16,20H,6H2,1-5H3,(H,22,24)/t16-,20+/m1/s1. The van der Waals surface area contributed by atoms with Gasteiger partial charge >= 0.3 is 0 Å². The highest BCUT2D eigenvalue weighted by Gasteiger charge is 2.30. The number of ether oxygens (including phenoxy) is 1. The average Bonchev–Trinajstić information content (AvgIpc) is 2.66. The van der Waals surface area contributed by atoms with Crippen LogP contribution in [0, 0.1) is 6.92 Å². The third-order valence-corrected chi connectivity index (χ3v) is 5.86. The van der Waals surface area contributed by atoms with Crippen molar-refractivity contribution in [1.82, 2.24) is 5.32 Å². The molecule has 7 heteroatoms. The molecule has 6 nitrogen and oxygen atoms in total. The first-order chi connectivity index (χ1) is 13.2. The molecular weight excluding hydrogens is 376 g/mol. The van der Waals surface area contributed by atoms with Crippen LogP contribution in [-0.4, -0.2) is 33.7 Å². The lowest BCUT2D eigenvalue weighted by molar-refractivity contribution is -0.122. The van der Waals surface area contributed by atoms with E-state index in [-0.39, 0.29) is 11.9 Å². The lowest BCUT2D eigenvalue weighted by atomic mass is 10.0. The molecule has 0 aliphatic carbocycles. The zero-order valence-corrected chi connectivity index (χ0v) is 17.8. The second-order valence-electron chi connectivity index (χ2n) is 6.81. The summed E-state index contributed by atoms with van der Waals surface area (Å²) >= 11 is 0. The SMILES string of the molecule is CC[C@H](NC(=O)[C@@H](C)N(c1ccc(C)cc1)S(C)(=O)=O)c1ccc(OC)cc1. The molecule has 2 atom stereocenters. The highest BCUT2D eigenvalue weighted by atomic mass is 32.2. The highest BCUT2D eigenvalue weighted by Crippen LogP contribution is 2.24. The van der Waals surface area contributed by atoms with Gasteiger partial charge in [0.2, 0.25) is 15.9 Å². The molecule has 0 unspecified atom stereocenters. The van der Waals surface area contributed by atoms with Gasteiger partial charge in [0.15, 0.2) is 0 Å². The zero-order valence-electron chi connectivity index (χ0n) is 17.0. The molecule has 0 aliphatic rings. The van der Waals surface area contributed by atoms with Crippen LogP contribution in [0.25, 0.3) is 0 Å². The lowest BCUT2D eigenvalue weighted by Crippen LogP contribution is -2.48. The molecule has 2 aromatic carbocycles. The third kappa shape index (κ3) is 5.25. The first-order valence-electron chi connectivity index (χ1n) is 9.17. The number of methoxy groups -OCH3 is 1. The van der Waals surface area contributed by atoms with E-state index in [1.54, 1.807) is 26.2 Å². The molecule has 2 aromatic rings. The molecule has 28 heavy (non-hydrogen) atoms. The van der Waals surface area contributed by atoms with E-state index >= 15 is 0 Å². The van der Waals surface area contributed by atoms with Crippen LogP contribution in [-0.2, 0) is 14.8 Å². The fourth-order valence-electron chi connectivity index (χ4n) is 3.05. The number of benzene rings is 2. The van der Waals surface area contributed by atoms with Crippen LogP contribution < -0.4 is 14.4 Å². The topological polar surface area (TPSA) is 75.7 Å². The van der Waals surface area contributed by atoms with Gasteiger partial charge in [0, 0.05) is 0 Å². The first-order valence-corrected chi connectivity index (χ1v) is 11.0. The Balaban J connectivity index is 2.24. The van der Waals surface area contributed by atoms with Gasteiger partial charge in [-0.25, -0.2) is 8.42 Å². The van der Waals surface area contributed by atoms with Crippen molar-refractivity contribution in [2.75, 3.05) is 17.7 Å². The molecule has 0 radical (unpaired) electrons. The first kappa shape index (κ1) is 21.8. The zero-order chi connectivity index (χ0) is 20.9. The molecule has 1 N–H and O–H groups in total. The average molecular weight is 405 g/mol. The second-order valence-corrected chi connectivity index (χ2v) is 8.67. The fourth-order valence-corrected chi connectivity index (χ4v) is 4.22. The molecule has 0 saturated carbocycles. The summed E-state index contributed by atoms with van der Waals surface area (Å²) < 4.78 is 31.1. The predicted octanol–water partition coefficient (Wildman–Crippen LogP) is 3.43. The van der Waals surface area contributed by atoms with Crippen molar-refractivity contribution >= 4 is 21.6 Å². The number of amides is 1. The van der Waals surface area contributed by atoms with Crippen molar-refractivity contribution < 1.29 is 17.9 Å². The van der Waals surface area contributed by atoms with Crippen LogP contribution in [0.1, 0.15) is 37.4 Å². The summed E-state index contributed by atoms with van der Waals surface area (Å²) in [7, 11) is -2.04. The van der Waals surface area contributed by atoms with Crippen LogP contribution >= 0.6 is 0 Å². The van der Waals surface area contributed by atoms with Crippen LogP contribution in [0.2, 0.25) is 0 Å². The minimum atomic E-state index is -3.64. The van der Waals surface area contributed by atoms with E-state index in [1.165, 1.54) is 0 Å². The maximum atomic E-state index is 12.9. The van der Waals surface area contributed by atoms with E-state index in [4.69, 9.17) is 4.74 Å². The molecule has 0 aromatic heterocycles. The van der Waals surface area contributed by atoms with Crippen molar-refractivity contribution in [2.45, 2.75) is 39.3 Å². The van der Waals surface area contributed by atoms with Gasteiger partial charge in [-0.2, -0.15) is 0 Å². The number of hydrogen-bond acceptors (Lipinski definition) is 4. The van der Waals surface area contributed by atoms with Gasteiger partial charge in [-0.1, -0.05) is 36.8 Å². The molecule has 0 heterocycles. The van der Waals surface area contributed by atoms with Crippen molar-refractivity contribution in [2.24, 2.45) is 0 Å². The highest BCUT2D eigenvalue weighted by molar-refractivity contribution is 7.92. The molecule has 2 rings (SSSR count). The maximum absolute atomic E-state index is 12.9. The second kappa shape index (κ2) is 9.10. The summed E-state index contributed by atoms with van der Waals surface area (Å²) in [6.07, 6.45) is 1.78. The van der Waals surface area contributed by atoms with Crippen molar-refractivity contribution in [3.8, 4) is 5.75 Å². The van der Waals surface area contributed by atoms with Gasteiger partial charge in [0.1, 0.15) is 11.8 Å². The van der Waals surface area contributed by atoms with Crippen molar-refractivity contribution in [1.29, 1.82) is 0 Å². The summed E-state index contributed by atoms with van der Waals surface area (Å²) in [5, 5.41) is 2.97. The Hall–Kier alpha value is -2.54. The minimum absolute atomic E-state index is 0.222. The summed E-state index contributed by atoms with van der Waals surface area (Å²) in [5.41, 5.74) is 2.41. The molecular formula is C21H28N2O4S. The van der Waals surface area contributed by atoms with Crippen LogP contribution in [0.4, 0.5) is 5.69 Å². The van der Waals surface area contributed by atoms with Gasteiger partial charge < -0.3 is 10.1 Å². The molecule has 1 amide bonds. The van der Waals surface area contributed by atoms with E-state index in [2.05, 4.69) is 5.32 Å². The van der Waals surface area contributed by atoms with Crippen molar-refractivity contribution in [3.05, 3.63) is 59.7 Å². The van der Waals surface area contributed by atoms with Gasteiger partial charge in [0.05, 0.1) is 25.1 Å². The van der Waals surface area contributed by atoms with E-state index in [9.17, 15) is 13.2 Å². The van der Waals surface area contributed by atoms with E-state index in [0.717, 1.165) is 27.4 Å². The quantitative estimate of drug-likeness (QED) is 0.731. The molecule has 0 fully saturated rings. The summed E-state index contributed by atoms with van der Waals surface area (Å²) in [4.78, 5) is 12.9. The van der Waals surface area contributed by atoms with Crippen molar-refractivity contribution in [3.63, 3.8) is 0 Å². The van der Waals surface area contributed by atoms with Gasteiger partial charge in [-0.3, -0.25) is 9.10 Å². The monoisotopic (exact) mass is 404 g/mol. The Bertz CT molecular complexity index is 893. The molecule has 0 spiro atoms. The maximum Gasteiger partial charge on any atom is 0.244 e. The van der Waals surface area contributed by atoms with Crippen LogP contribution in [0.5, 0.6) is 5.75 Å². The normalized spacial score (nSPS) is 13.5. The molecule has 0 aliphatic heterocycles. The van der Waals surface area contributed by atoms with Gasteiger partial charge in [0.25, 0.3) is 0 Å². The lowest BCUT2D eigenvalue weighted by Gasteiger charge is -2.30. The Kier molecular flexibility index (Phi) is 7.07. The van der Waals surface area contributed by atoms with Crippen LogP contribution in [0.15, 0.2) is 48.5 Å². The van der Waals surface area contributed by atoms with E-state index in [0.29, 0.717) is 12.1 Å². The molecule has 0 bridgehead atoms. The number of aryl methyl sites for hydroxylation is 1. The summed E-state index contributed by atoms with van der Waals surface area (Å²) in [6, 6.07) is 13.4. The van der Waals surface area contributed by atoms with E-state index in [1.807, 2.05) is 50.2 Å². The summed E-state index contributed by atoms with van der Waals surface area (Å²) in [6.45, 7) is 5.48. The smallest absolute Gasteiger partial charge is 0.244 e. The molecule has 152 valence electrons.